The van der Waals surface area contributed by atoms with Crippen LogP contribution in [0.1, 0.15) is 58.8 Å². The number of nitrogens with zero attached hydrogens (tertiary/aromatic N) is 1. The Kier molecular flexibility index (Phi) is 16.2. The van der Waals surface area contributed by atoms with E-state index in [1.807, 2.05) is 13.8 Å². The Hall–Kier alpha value is -3.46. The minimum absolute atomic E-state index is 0.0459. The molecular formula is C22H42N8O7. The lowest BCUT2D eigenvalue weighted by Gasteiger charge is -2.26. The van der Waals surface area contributed by atoms with Crippen molar-refractivity contribution < 1.29 is 34.2 Å². The van der Waals surface area contributed by atoms with Gasteiger partial charge in [0, 0.05) is 6.54 Å². The first-order valence-corrected chi connectivity index (χ1v) is 12.1. The Labute approximate surface area is 216 Å². The number of carbonyl (C=O) groups is 5. The van der Waals surface area contributed by atoms with Crippen molar-refractivity contribution in [2.24, 2.45) is 33.8 Å². The molecule has 15 heteroatoms. The number of nitrogens with one attached hydrogen (secondary N) is 3. The summed E-state index contributed by atoms with van der Waals surface area (Å²) in [7, 11) is 0. The Morgan fingerprint density at radius 1 is 0.811 bits per heavy atom. The Morgan fingerprint density at radius 2 is 1.35 bits per heavy atom. The first-order chi connectivity index (χ1) is 17.3. The summed E-state index contributed by atoms with van der Waals surface area (Å²) < 4.78 is 0. The predicted molar refractivity (Wildman–Crippen MR) is 136 cm³/mol. The van der Waals surface area contributed by atoms with Crippen LogP contribution in [0, 0.1) is 5.92 Å². The number of nitrogens with two attached hydrogens (primary N) is 4. The SMILES string of the molecule is CC(C)CC(NC(=O)C(CCCCN)NC(=O)C(N)CC(=O)O)C(=O)NC(CCCN=C(N)N)C(=O)O. The molecule has 212 valence electrons. The number of rotatable bonds is 19. The van der Waals surface area contributed by atoms with Gasteiger partial charge in [-0.25, -0.2) is 4.79 Å². The van der Waals surface area contributed by atoms with Gasteiger partial charge in [-0.2, -0.15) is 0 Å². The third-order valence-electron chi connectivity index (χ3n) is 5.21. The van der Waals surface area contributed by atoms with Crippen LogP contribution < -0.4 is 38.9 Å². The average molecular weight is 531 g/mol. The van der Waals surface area contributed by atoms with Crippen LogP contribution in [0.15, 0.2) is 4.99 Å². The molecule has 4 atom stereocenters. The van der Waals surface area contributed by atoms with Crippen LogP contribution in [0.3, 0.4) is 0 Å². The third kappa shape index (κ3) is 15.3. The molecule has 0 saturated heterocycles. The van der Waals surface area contributed by atoms with Crippen molar-refractivity contribution >= 4 is 35.6 Å². The fourth-order valence-corrected chi connectivity index (χ4v) is 3.33. The van der Waals surface area contributed by atoms with Gasteiger partial charge in [-0.05, 0) is 51.0 Å². The van der Waals surface area contributed by atoms with Gasteiger partial charge in [0.2, 0.25) is 17.7 Å². The summed E-state index contributed by atoms with van der Waals surface area (Å²) in [5.41, 5.74) is 21.6. The quantitative estimate of drug-likeness (QED) is 0.0480. The number of aliphatic imine (C=N–C) groups is 1. The van der Waals surface area contributed by atoms with Crippen LogP contribution in [0.4, 0.5) is 0 Å². The molecule has 0 fully saturated rings. The van der Waals surface area contributed by atoms with Gasteiger partial charge < -0.3 is 49.1 Å². The van der Waals surface area contributed by atoms with Crippen LogP contribution in [-0.2, 0) is 24.0 Å². The molecular weight excluding hydrogens is 488 g/mol. The lowest BCUT2D eigenvalue weighted by molar-refractivity contribution is -0.142. The van der Waals surface area contributed by atoms with E-state index in [0.717, 1.165) is 0 Å². The zero-order valence-corrected chi connectivity index (χ0v) is 21.4. The fraction of sp³-hybridized carbons (Fsp3) is 0.727. The Morgan fingerprint density at radius 3 is 1.86 bits per heavy atom. The zero-order chi connectivity index (χ0) is 28.5. The molecule has 0 aromatic carbocycles. The van der Waals surface area contributed by atoms with E-state index < -0.39 is 60.2 Å². The molecule has 0 aromatic heterocycles. The summed E-state index contributed by atoms with van der Waals surface area (Å²) in [6, 6.07) is -4.79. The highest BCUT2D eigenvalue weighted by Crippen LogP contribution is 2.09. The maximum absolute atomic E-state index is 13.1. The number of guanidine groups is 1. The second-order valence-corrected chi connectivity index (χ2v) is 9.09. The van der Waals surface area contributed by atoms with E-state index in [1.165, 1.54) is 0 Å². The molecule has 0 heterocycles. The first-order valence-electron chi connectivity index (χ1n) is 12.1. The summed E-state index contributed by atoms with van der Waals surface area (Å²) >= 11 is 0. The number of hydrogen-bond acceptors (Lipinski definition) is 8. The number of unbranched alkanes of at least 4 members (excludes halogenated alkanes) is 1. The summed E-state index contributed by atoms with van der Waals surface area (Å²) in [5, 5.41) is 25.8. The van der Waals surface area contributed by atoms with Crippen LogP contribution in [0.2, 0.25) is 0 Å². The zero-order valence-electron chi connectivity index (χ0n) is 21.4. The molecule has 0 saturated carbocycles. The van der Waals surface area contributed by atoms with Crippen LogP contribution in [0.5, 0.6) is 0 Å². The van der Waals surface area contributed by atoms with Gasteiger partial charge >= 0.3 is 11.9 Å². The van der Waals surface area contributed by atoms with E-state index >= 15 is 0 Å². The van der Waals surface area contributed by atoms with Gasteiger partial charge in [-0.3, -0.25) is 24.2 Å². The highest BCUT2D eigenvalue weighted by Gasteiger charge is 2.30. The van der Waals surface area contributed by atoms with Gasteiger partial charge in [0.15, 0.2) is 5.96 Å². The summed E-state index contributed by atoms with van der Waals surface area (Å²) in [4.78, 5) is 64.6. The fourth-order valence-electron chi connectivity index (χ4n) is 3.33. The van der Waals surface area contributed by atoms with Crippen molar-refractivity contribution in [3.05, 3.63) is 0 Å². The molecule has 3 amide bonds. The number of carbonyl (C=O) groups excluding carboxylic acids is 3. The highest BCUT2D eigenvalue weighted by molar-refractivity contribution is 5.94. The molecule has 0 aliphatic rings. The topological polar surface area (TPSA) is 278 Å². The van der Waals surface area contributed by atoms with Crippen molar-refractivity contribution in [2.45, 2.75) is 83.0 Å². The van der Waals surface area contributed by atoms with Crippen molar-refractivity contribution in [1.29, 1.82) is 0 Å². The molecule has 0 aliphatic carbocycles. The molecule has 15 nitrogen and oxygen atoms in total. The minimum Gasteiger partial charge on any atom is -0.481 e. The molecule has 4 unspecified atom stereocenters. The molecule has 0 radical (unpaired) electrons. The van der Waals surface area contributed by atoms with E-state index in [1.54, 1.807) is 0 Å². The third-order valence-corrected chi connectivity index (χ3v) is 5.21. The molecule has 0 rings (SSSR count). The molecule has 0 aliphatic heterocycles. The highest BCUT2D eigenvalue weighted by atomic mass is 16.4. The second-order valence-electron chi connectivity index (χ2n) is 9.09. The van der Waals surface area contributed by atoms with Crippen molar-refractivity contribution in [3.63, 3.8) is 0 Å². The largest absolute Gasteiger partial charge is 0.481 e. The lowest BCUT2D eigenvalue weighted by Crippen LogP contribution is -2.57. The number of carboxylic acids is 2. The smallest absolute Gasteiger partial charge is 0.326 e. The minimum atomic E-state index is -1.37. The van der Waals surface area contributed by atoms with E-state index in [-0.39, 0.29) is 37.7 Å². The van der Waals surface area contributed by atoms with Gasteiger partial charge in [0.25, 0.3) is 0 Å². The Balaban J connectivity index is 5.49. The van der Waals surface area contributed by atoms with Gasteiger partial charge in [0.05, 0.1) is 12.5 Å². The maximum atomic E-state index is 13.1. The molecule has 37 heavy (non-hydrogen) atoms. The first kappa shape index (κ1) is 33.5. The molecule has 0 aromatic rings. The van der Waals surface area contributed by atoms with Gasteiger partial charge in [-0.1, -0.05) is 13.8 Å². The predicted octanol–water partition coefficient (Wildman–Crippen LogP) is -2.44. The van der Waals surface area contributed by atoms with Crippen LogP contribution in [-0.4, -0.2) is 83.1 Å². The van der Waals surface area contributed by atoms with Crippen molar-refractivity contribution in [2.75, 3.05) is 13.1 Å². The average Bonchev–Trinajstić information content (AvgIpc) is 2.78. The van der Waals surface area contributed by atoms with Crippen molar-refractivity contribution in [1.82, 2.24) is 16.0 Å². The Bertz CT molecular complexity index is 802. The standard InChI is InChI=1S/C22H42N8O7/c1-12(2)10-16(20(35)29-15(21(36)37)7-5-9-27-22(25)26)30-19(34)14(6-3-4-8-23)28-18(33)13(24)11-17(31)32/h12-16H,3-11,23-24H2,1-2H3,(H,28,33)(H,29,35)(H,30,34)(H,31,32)(H,36,37)(H4,25,26,27). The van der Waals surface area contributed by atoms with Gasteiger partial charge in [0.1, 0.15) is 18.1 Å². The number of amides is 3. The van der Waals surface area contributed by atoms with E-state index in [0.29, 0.717) is 25.8 Å². The second kappa shape index (κ2) is 17.9. The van der Waals surface area contributed by atoms with E-state index in [4.69, 9.17) is 28.0 Å². The van der Waals surface area contributed by atoms with E-state index in [9.17, 15) is 29.1 Å². The maximum Gasteiger partial charge on any atom is 0.326 e. The van der Waals surface area contributed by atoms with E-state index in [2.05, 4.69) is 20.9 Å². The molecule has 0 bridgehead atoms. The summed E-state index contributed by atoms with van der Waals surface area (Å²) in [6.45, 7) is 4.19. The summed E-state index contributed by atoms with van der Waals surface area (Å²) in [5.74, 6) is -4.92. The lowest BCUT2D eigenvalue weighted by atomic mass is 10.0. The normalized spacial score (nSPS) is 14.1. The monoisotopic (exact) mass is 530 g/mol. The number of carboxylic acid groups (broad SMARTS) is 2. The van der Waals surface area contributed by atoms with Crippen LogP contribution in [0.25, 0.3) is 0 Å². The van der Waals surface area contributed by atoms with Crippen molar-refractivity contribution in [3.8, 4) is 0 Å². The molecule has 13 N–H and O–H groups in total. The summed E-state index contributed by atoms with van der Waals surface area (Å²) in [6.07, 6.45) is 1.13. The molecule has 0 spiro atoms. The van der Waals surface area contributed by atoms with Gasteiger partial charge in [-0.15, -0.1) is 0 Å². The van der Waals surface area contributed by atoms with Crippen LogP contribution >= 0.6 is 0 Å². The number of hydrogen-bond donors (Lipinski definition) is 9. The number of aliphatic carboxylic acids is 2.